The number of carbonyl (C=O) groups excluding carboxylic acids is 2. The zero-order chi connectivity index (χ0) is 21.1. The third-order valence-electron chi connectivity index (χ3n) is 5.12. The molecule has 0 aliphatic carbocycles. The smallest absolute Gasteiger partial charge is 0.264 e. The molecule has 0 spiro atoms. The molecule has 2 amide bonds. The van der Waals surface area contributed by atoms with Crippen molar-refractivity contribution in [3.8, 4) is 16.2 Å². The third kappa shape index (κ3) is 4.21. The van der Waals surface area contributed by atoms with E-state index in [2.05, 4.69) is 0 Å². The van der Waals surface area contributed by atoms with Crippen LogP contribution in [-0.2, 0) is 0 Å². The molecule has 0 bridgehead atoms. The summed E-state index contributed by atoms with van der Waals surface area (Å²) < 4.78 is 18.3. The molecule has 4 rings (SSSR count). The molecular weight excluding hydrogens is 403 g/mol. The molecular formula is C23H21FN2O3S. The highest BCUT2D eigenvalue weighted by atomic mass is 32.1. The lowest BCUT2D eigenvalue weighted by Gasteiger charge is -2.34. The molecule has 7 heteroatoms. The predicted octanol–water partition coefficient (Wildman–Crippen LogP) is 4.16. The molecule has 5 nitrogen and oxygen atoms in total. The summed E-state index contributed by atoms with van der Waals surface area (Å²) in [5, 5.41) is 0. The second-order valence-electron chi connectivity index (χ2n) is 6.99. The van der Waals surface area contributed by atoms with Crippen LogP contribution < -0.4 is 4.74 Å². The van der Waals surface area contributed by atoms with Crippen molar-refractivity contribution >= 4 is 23.2 Å². The van der Waals surface area contributed by atoms with Gasteiger partial charge >= 0.3 is 0 Å². The molecule has 2 heterocycles. The fourth-order valence-electron chi connectivity index (χ4n) is 3.43. The third-order valence-corrected chi connectivity index (χ3v) is 6.24. The summed E-state index contributed by atoms with van der Waals surface area (Å²) in [4.78, 5) is 30.7. The van der Waals surface area contributed by atoms with E-state index in [1.54, 1.807) is 59.4 Å². The van der Waals surface area contributed by atoms with E-state index in [0.29, 0.717) is 42.4 Å². The normalized spacial score (nSPS) is 13.9. The number of halogens is 1. The van der Waals surface area contributed by atoms with Crippen molar-refractivity contribution in [1.29, 1.82) is 0 Å². The maximum Gasteiger partial charge on any atom is 0.264 e. The summed E-state index contributed by atoms with van der Waals surface area (Å²) in [6, 6.07) is 17.0. The lowest BCUT2D eigenvalue weighted by atomic mass is 10.1. The van der Waals surface area contributed by atoms with Crippen LogP contribution in [-0.4, -0.2) is 54.9 Å². The van der Waals surface area contributed by atoms with Gasteiger partial charge in [0.2, 0.25) is 0 Å². The van der Waals surface area contributed by atoms with E-state index in [-0.39, 0.29) is 17.6 Å². The number of nitrogens with zero attached hydrogens (tertiary/aromatic N) is 2. The second-order valence-corrected chi connectivity index (χ2v) is 8.07. The minimum absolute atomic E-state index is 0.0400. The zero-order valence-electron chi connectivity index (χ0n) is 16.5. The Morgan fingerprint density at radius 2 is 1.57 bits per heavy atom. The average molecular weight is 424 g/mol. The molecule has 0 N–H and O–H groups in total. The summed E-state index contributed by atoms with van der Waals surface area (Å²) in [7, 11) is 1.57. The van der Waals surface area contributed by atoms with Crippen molar-refractivity contribution in [2.75, 3.05) is 33.3 Å². The van der Waals surface area contributed by atoms with Gasteiger partial charge in [-0.3, -0.25) is 9.59 Å². The molecule has 154 valence electrons. The molecule has 0 radical (unpaired) electrons. The second kappa shape index (κ2) is 8.67. The van der Waals surface area contributed by atoms with E-state index in [1.165, 1.54) is 23.5 Å². The van der Waals surface area contributed by atoms with Gasteiger partial charge in [-0.25, -0.2) is 4.39 Å². The lowest BCUT2D eigenvalue weighted by molar-refractivity contribution is 0.0538. The van der Waals surface area contributed by atoms with Crippen molar-refractivity contribution in [1.82, 2.24) is 9.80 Å². The van der Waals surface area contributed by atoms with Gasteiger partial charge in [0.1, 0.15) is 11.6 Å². The van der Waals surface area contributed by atoms with Crippen molar-refractivity contribution in [3.63, 3.8) is 0 Å². The molecule has 1 saturated heterocycles. The summed E-state index contributed by atoms with van der Waals surface area (Å²) in [6.45, 7) is 1.94. The fraction of sp³-hybridized carbons (Fsp3) is 0.217. The molecule has 1 aliphatic heterocycles. The average Bonchev–Trinajstić information content (AvgIpc) is 3.29. The number of rotatable bonds is 4. The predicted molar refractivity (Wildman–Crippen MR) is 115 cm³/mol. The van der Waals surface area contributed by atoms with Gasteiger partial charge in [0.25, 0.3) is 11.8 Å². The highest BCUT2D eigenvalue weighted by Crippen LogP contribution is 2.29. The van der Waals surface area contributed by atoms with Crippen LogP contribution in [0.15, 0.2) is 60.7 Å². The van der Waals surface area contributed by atoms with Crippen LogP contribution in [0.5, 0.6) is 5.75 Å². The highest BCUT2D eigenvalue weighted by Gasteiger charge is 2.26. The Hall–Kier alpha value is -3.19. The number of carbonyl (C=O) groups is 2. The van der Waals surface area contributed by atoms with Crippen molar-refractivity contribution in [3.05, 3.63) is 76.9 Å². The first kappa shape index (κ1) is 20.1. The van der Waals surface area contributed by atoms with Gasteiger partial charge < -0.3 is 14.5 Å². The number of ether oxygens (including phenoxy) is 1. The molecule has 0 saturated carbocycles. The molecule has 3 aromatic rings. The van der Waals surface area contributed by atoms with E-state index in [9.17, 15) is 14.0 Å². The number of piperazine rings is 1. The first-order chi connectivity index (χ1) is 14.5. The minimum Gasteiger partial charge on any atom is -0.497 e. The van der Waals surface area contributed by atoms with E-state index in [0.717, 1.165) is 10.4 Å². The Morgan fingerprint density at radius 1 is 0.900 bits per heavy atom. The zero-order valence-corrected chi connectivity index (χ0v) is 17.3. The number of thiophene rings is 1. The molecule has 2 aromatic carbocycles. The Balaban J connectivity index is 1.38. The van der Waals surface area contributed by atoms with Gasteiger partial charge in [-0.15, -0.1) is 11.3 Å². The van der Waals surface area contributed by atoms with Crippen LogP contribution in [0.4, 0.5) is 4.39 Å². The maximum absolute atomic E-state index is 13.1. The van der Waals surface area contributed by atoms with Crippen LogP contribution in [0.25, 0.3) is 10.4 Å². The highest BCUT2D eigenvalue weighted by molar-refractivity contribution is 7.17. The van der Waals surface area contributed by atoms with Gasteiger partial charge in [0.15, 0.2) is 0 Å². The summed E-state index contributed by atoms with van der Waals surface area (Å²) >= 11 is 1.39. The van der Waals surface area contributed by atoms with E-state index in [1.807, 2.05) is 6.07 Å². The Bertz CT molecular complexity index is 1060. The fourth-order valence-corrected chi connectivity index (χ4v) is 4.41. The number of benzene rings is 2. The SMILES string of the molecule is COc1cccc(C(=O)N2CCN(C(=O)c3ccc(-c4ccc(F)cc4)s3)CC2)c1. The Kier molecular flexibility index (Phi) is 5.81. The van der Waals surface area contributed by atoms with E-state index < -0.39 is 0 Å². The van der Waals surface area contributed by atoms with Gasteiger partial charge in [-0.2, -0.15) is 0 Å². The standard InChI is InChI=1S/C23H21FN2O3S/c1-29-19-4-2-3-17(15-19)22(27)25-11-13-26(14-12-25)23(28)21-10-9-20(30-21)16-5-7-18(24)8-6-16/h2-10,15H,11-14H2,1H3. The monoisotopic (exact) mass is 424 g/mol. The van der Waals surface area contributed by atoms with Crippen molar-refractivity contribution in [2.45, 2.75) is 0 Å². The Morgan fingerprint density at radius 3 is 2.23 bits per heavy atom. The number of hydrogen-bond donors (Lipinski definition) is 0. The van der Waals surface area contributed by atoms with Crippen molar-refractivity contribution < 1.29 is 18.7 Å². The summed E-state index contributed by atoms with van der Waals surface area (Å²) in [6.07, 6.45) is 0. The number of methoxy groups -OCH3 is 1. The van der Waals surface area contributed by atoms with Gasteiger partial charge in [0.05, 0.1) is 12.0 Å². The van der Waals surface area contributed by atoms with E-state index in [4.69, 9.17) is 4.74 Å². The van der Waals surface area contributed by atoms with E-state index >= 15 is 0 Å². The molecule has 1 aromatic heterocycles. The largest absolute Gasteiger partial charge is 0.497 e. The quantitative estimate of drug-likeness (QED) is 0.632. The molecule has 0 unspecified atom stereocenters. The van der Waals surface area contributed by atoms with Gasteiger partial charge in [0, 0.05) is 36.6 Å². The summed E-state index contributed by atoms with van der Waals surface area (Å²) in [5.74, 6) is 0.259. The van der Waals surface area contributed by atoms with Crippen LogP contribution in [0.1, 0.15) is 20.0 Å². The number of amides is 2. The van der Waals surface area contributed by atoms with Crippen molar-refractivity contribution in [2.24, 2.45) is 0 Å². The topological polar surface area (TPSA) is 49.9 Å². The minimum atomic E-state index is -0.284. The van der Waals surface area contributed by atoms with Crippen LogP contribution in [0.2, 0.25) is 0 Å². The van der Waals surface area contributed by atoms with Gasteiger partial charge in [-0.05, 0) is 48.0 Å². The number of hydrogen-bond acceptors (Lipinski definition) is 4. The molecule has 30 heavy (non-hydrogen) atoms. The molecule has 1 aliphatic rings. The lowest BCUT2D eigenvalue weighted by Crippen LogP contribution is -2.50. The summed E-state index contributed by atoms with van der Waals surface area (Å²) in [5.41, 5.74) is 1.46. The first-order valence-corrected chi connectivity index (χ1v) is 10.4. The van der Waals surface area contributed by atoms with Crippen LogP contribution >= 0.6 is 11.3 Å². The van der Waals surface area contributed by atoms with Gasteiger partial charge in [-0.1, -0.05) is 18.2 Å². The molecule has 0 atom stereocenters. The van der Waals surface area contributed by atoms with Crippen LogP contribution in [0, 0.1) is 5.82 Å². The Labute approximate surface area is 178 Å². The first-order valence-electron chi connectivity index (χ1n) is 9.63. The maximum atomic E-state index is 13.1. The van der Waals surface area contributed by atoms with Crippen LogP contribution in [0.3, 0.4) is 0 Å². The molecule has 1 fully saturated rings.